The van der Waals surface area contributed by atoms with E-state index < -0.39 is 21.1 Å². The first-order chi connectivity index (χ1) is 11.2. The molecule has 0 N–H and O–H groups in total. The molecule has 6 nitrogen and oxygen atoms in total. The summed E-state index contributed by atoms with van der Waals surface area (Å²) in [5.41, 5.74) is 0.751. The van der Waals surface area contributed by atoms with Crippen molar-refractivity contribution in [1.82, 2.24) is 0 Å². The van der Waals surface area contributed by atoms with E-state index >= 15 is 0 Å². The molecule has 0 heterocycles. The fraction of sp³-hybridized carbons (Fsp3) is 0.250. The zero-order valence-corrected chi connectivity index (χ0v) is 15.5. The number of nitrogens with zero attached hydrogens (tertiary/aromatic N) is 1. The molecule has 2 aromatic rings. The predicted molar refractivity (Wildman–Crippen MR) is 93.4 cm³/mol. The number of halogens is 1. The highest BCUT2D eigenvalue weighted by Gasteiger charge is 2.24. The van der Waals surface area contributed by atoms with Crippen LogP contribution in [-0.2, 0) is 14.3 Å². The van der Waals surface area contributed by atoms with E-state index in [0.717, 1.165) is 10.0 Å². The normalized spacial score (nSPS) is 14.1. The lowest BCUT2D eigenvalue weighted by molar-refractivity contribution is -0.384. The lowest BCUT2D eigenvalue weighted by atomic mass is 9.96. The van der Waals surface area contributed by atoms with Crippen LogP contribution in [0.1, 0.15) is 25.3 Å². The van der Waals surface area contributed by atoms with Gasteiger partial charge in [0.25, 0.3) is 15.8 Å². The summed E-state index contributed by atoms with van der Waals surface area (Å²) in [6.45, 7) is 3.46. The van der Waals surface area contributed by atoms with E-state index in [1.54, 1.807) is 31.2 Å². The Hall–Kier alpha value is -1.77. The molecule has 2 rings (SSSR count). The third-order valence-electron chi connectivity index (χ3n) is 3.71. The third-order valence-corrected chi connectivity index (χ3v) is 5.65. The Morgan fingerprint density at radius 1 is 1.04 bits per heavy atom. The van der Waals surface area contributed by atoms with E-state index in [4.69, 9.17) is 4.18 Å². The Bertz CT molecular complexity index is 819. The fourth-order valence-electron chi connectivity index (χ4n) is 2.11. The van der Waals surface area contributed by atoms with Crippen LogP contribution < -0.4 is 0 Å². The van der Waals surface area contributed by atoms with Gasteiger partial charge in [0.1, 0.15) is 0 Å². The van der Waals surface area contributed by atoms with Crippen molar-refractivity contribution < 1.29 is 17.5 Å². The minimum absolute atomic E-state index is 0.0120. The molecule has 2 aromatic carbocycles. The Morgan fingerprint density at radius 2 is 1.58 bits per heavy atom. The molecule has 0 aliphatic carbocycles. The first kappa shape index (κ1) is 18.6. The van der Waals surface area contributed by atoms with Crippen LogP contribution >= 0.6 is 15.9 Å². The summed E-state index contributed by atoms with van der Waals surface area (Å²) < 4.78 is 30.7. The zero-order valence-electron chi connectivity index (χ0n) is 13.0. The molecule has 0 fully saturated rings. The van der Waals surface area contributed by atoms with Crippen molar-refractivity contribution in [3.8, 4) is 0 Å². The van der Waals surface area contributed by atoms with E-state index in [1.165, 1.54) is 24.3 Å². The van der Waals surface area contributed by atoms with Gasteiger partial charge in [0.2, 0.25) is 0 Å². The fourth-order valence-corrected chi connectivity index (χ4v) is 3.52. The first-order valence-electron chi connectivity index (χ1n) is 7.14. The second kappa shape index (κ2) is 7.42. The molecular formula is C16H16BrNO5S. The molecule has 0 bridgehead atoms. The molecule has 8 heteroatoms. The summed E-state index contributed by atoms with van der Waals surface area (Å²) in [7, 11) is -3.88. The molecule has 0 radical (unpaired) electrons. The van der Waals surface area contributed by atoms with Crippen LogP contribution in [0.15, 0.2) is 57.9 Å². The van der Waals surface area contributed by atoms with Gasteiger partial charge in [0.15, 0.2) is 0 Å². The SMILES string of the molecule is C[C@@H](OS(=O)(=O)c1ccc(Br)cc1)[C@@H](C)c1ccc([N+](=O)[O-])cc1. The summed E-state index contributed by atoms with van der Waals surface area (Å²) in [6.07, 6.45) is -0.625. The van der Waals surface area contributed by atoms with Crippen LogP contribution in [0.25, 0.3) is 0 Å². The Labute approximate surface area is 148 Å². The highest BCUT2D eigenvalue weighted by molar-refractivity contribution is 9.10. The molecule has 0 aliphatic rings. The van der Waals surface area contributed by atoms with Gasteiger partial charge in [-0.3, -0.25) is 14.3 Å². The van der Waals surface area contributed by atoms with E-state index in [9.17, 15) is 18.5 Å². The quantitative estimate of drug-likeness (QED) is 0.401. The highest BCUT2D eigenvalue weighted by Crippen LogP contribution is 2.26. The monoisotopic (exact) mass is 413 g/mol. The topological polar surface area (TPSA) is 86.5 Å². The number of nitro groups is 1. The average Bonchev–Trinajstić information content (AvgIpc) is 2.54. The second-order valence-electron chi connectivity index (χ2n) is 5.35. The van der Waals surface area contributed by atoms with Crippen molar-refractivity contribution in [2.24, 2.45) is 0 Å². The van der Waals surface area contributed by atoms with E-state index in [2.05, 4.69) is 15.9 Å². The molecule has 0 unspecified atom stereocenters. The number of rotatable bonds is 6. The number of benzene rings is 2. The summed E-state index contributed by atoms with van der Waals surface area (Å²) in [5, 5.41) is 10.7. The lowest BCUT2D eigenvalue weighted by Gasteiger charge is -2.20. The smallest absolute Gasteiger partial charge is 0.263 e. The predicted octanol–water partition coefficient (Wildman–Crippen LogP) is 4.25. The van der Waals surface area contributed by atoms with Crippen LogP contribution in [0, 0.1) is 10.1 Å². The molecule has 0 saturated carbocycles. The van der Waals surface area contributed by atoms with Gasteiger partial charge in [-0.15, -0.1) is 0 Å². The number of hydrogen-bond donors (Lipinski definition) is 0. The van der Waals surface area contributed by atoms with Gasteiger partial charge in [-0.25, -0.2) is 0 Å². The maximum atomic E-state index is 12.3. The van der Waals surface area contributed by atoms with Gasteiger partial charge in [0.05, 0.1) is 15.9 Å². The van der Waals surface area contributed by atoms with Crippen LogP contribution in [-0.4, -0.2) is 19.4 Å². The molecule has 0 saturated heterocycles. The van der Waals surface area contributed by atoms with Crippen LogP contribution in [0.4, 0.5) is 5.69 Å². The molecule has 0 amide bonds. The Kier molecular flexibility index (Phi) is 5.74. The number of nitro benzene ring substituents is 1. The van der Waals surface area contributed by atoms with Crippen LogP contribution in [0.2, 0.25) is 0 Å². The molecular weight excluding hydrogens is 398 g/mol. The van der Waals surface area contributed by atoms with Crippen molar-refractivity contribution in [2.45, 2.75) is 30.8 Å². The number of non-ortho nitro benzene ring substituents is 1. The first-order valence-corrected chi connectivity index (χ1v) is 9.34. The van der Waals surface area contributed by atoms with E-state index in [1.807, 2.05) is 6.92 Å². The minimum atomic E-state index is -3.88. The van der Waals surface area contributed by atoms with Crippen molar-refractivity contribution in [3.63, 3.8) is 0 Å². The largest absolute Gasteiger partial charge is 0.297 e. The molecule has 2 atom stereocenters. The summed E-state index contributed by atoms with van der Waals surface area (Å²) in [5.74, 6) is -0.254. The van der Waals surface area contributed by atoms with Gasteiger partial charge >= 0.3 is 0 Å². The highest BCUT2D eigenvalue weighted by atomic mass is 79.9. The van der Waals surface area contributed by atoms with Gasteiger partial charge in [0, 0.05) is 22.5 Å². The molecule has 0 aromatic heterocycles. The van der Waals surface area contributed by atoms with Gasteiger partial charge in [-0.05, 0) is 36.8 Å². The summed E-state index contributed by atoms with van der Waals surface area (Å²) in [4.78, 5) is 10.3. The second-order valence-corrected chi connectivity index (χ2v) is 7.83. The molecule has 24 heavy (non-hydrogen) atoms. The van der Waals surface area contributed by atoms with Gasteiger partial charge in [-0.1, -0.05) is 35.0 Å². The van der Waals surface area contributed by atoms with E-state index in [-0.39, 0.29) is 16.5 Å². The molecule has 0 aliphatic heterocycles. The van der Waals surface area contributed by atoms with Crippen molar-refractivity contribution >= 4 is 31.7 Å². The Balaban J connectivity index is 2.14. The molecule has 0 spiro atoms. The van der Waals surface area contributed by atoms with Crippen LogP contribution in [0.3, 0.4) is 0 Å². The minimum Gasteiger partial charge on any atom is -0.263 e. The Morgan fingerprint density at radius 3 is 2.08 bits per heavy atom. The van der Waals surface area contributed by atoms with Crippen molar-refractivity contribution in [3.05, 3.63) is 68.7 Å². The lowest BCUT2D eigenvalue weighted by Crippen LogP contribution is -2.21. The van der Waals surface area contributed by atoms with Gasteiger partial charge < -0.3 is 0 Å². The number of hydrogen-bond acceptors (Lipinski definition) is 5. The van der Waals surface area contributed by atoms with Crippen LogP contribution in [0.5, 0.6) is 0 Å². The van der Waals surface area contributed by atoms with Crippen molar-refractivity contribution in [1.29, 1.82) is 0 Å². The standard InChI is InChI=1S/C16H16BrNO5S/c1-11(13-3-7-15(8-4-13)18(19)20)12(2)23-24(21,22)16-9-5-14(17)6-10-16/h3-12H,1-2H3/t11-,12-/m1/s1. The summed E-state index contributed by atoms with van der Waals surface area (Å²) >= 11 is 3.25. The third kappa shape index (κ3) is 4.40. The average molecular weight is 414 g/mol. The molecule has 128 valence electrons. The summed E-state index contributed by atoms with van der Waals surface area (Å²) in [6, 6.07) is 12.2. The van der Waals surface area contributed by atoms with E-state index in [0.29, 0.717) is 0 Å². The zero-order chi connectivity index (χ0) is 17.9. The van der Waals surface area contributed by atoms with Crippen molar-refractivity contribution in [2.75, 3.05) is 0 Å². The van der Waals surface area contributed by atoms with Gasteiger partial charge in [-0.2, -0.15) is 8.42 Å². The maximum Gasteiger partial charge on any atom is 0.297 e. The maximum absolute atomic E-state index is 12.3.